The quantitative estimate of drug-likeness (QED) is 0.728. The fourth-order valence-electron chi connectivity index (χ4n) is 3.07. The molecule has 1 fully saturated rings. The van der Waals surface area contributed by atoms with Gasteiger partial charge in [-0.1, -0.05) is 0 Å². The summed E-state index contributed by atoms with van der Waals surface area (Å²) in [4.78, 5) is 27.5. The number of carbonyl (C=O) groups excluding carboxylic acids is 1. The molecule has 0 aromatic carbocycles. The molecule has 3 aromatic heterocycles. The van der Waals surface area contributed by atoms with Gasteiger partial charge in [-0.25, -0.2) is 9.97 Å². The van der Waals surface area contributed by atoms with Crippen molar-refractivity contribution in [2.24, 2.45) is 7.05 Å². The number of hydrogen-bond acceptors (Lipinski definition) is 4. The molecular formula is C17H17N5O. The number of rotatable bonds is 2. The maximum Gasteiger partial charge on any atom is 0.274 e. The van der Waals surface area contributed by atoms with Crippen LogP contribution in [0.3, 0.4) is 0 Å². The van der Waals surface area contributed by atoms with Gasteiger partial charge in [0.2, 0.25) is 0 Å². The number of nitrogens with zero attached hydrogens (tertiary/aromatic N) is 5. The molecule has 1 amide bonds. The van der Waals surface area contributed by atoms with E-state index in [1.54, 1.807) is 18.6 Å². The topological polar surface area (TPSA) is 63.9 Å². The van der Waals surface area contributed by atoms with E-state index in [0.29, 0.717) is 11.4 Å². The Morgan fingerprint density at radius 3 is 2.83 bits per heavy atom. The third-order valence-corrected chi connectivity index (χ3v) is 4.29. The number of likely N-dealkylation sites (tertiary alicyclic amines) is 1. The molecule has 0 spiro atoms. The Hall–Kier alpha value is -2.76. The van der Waals surface area contributed by atoms with Crippen molar-refractivity contribution in [3.8, 4) is 11.3 Å². The average Bonchev–Trinajstić information content (AvgIpc) is 3.25. The first-order chi connectivity index (χ1) is 11.2. The molecule has 0 aliphatic carbocycles. The predicted molar refractivity (Wildman–Crippen MR) is 86.9 cm³/mol. The first kappa shape index (κ1) is 13.9. The highest BCUT2D eigenvalue weighted by Crippen LogP contribution is 2.26. The van der Waals surface area contributed by atoms with Gasteiger partial charge >= 0.3 is 0 Å². The number of aryl methyl sites for hydroxylation is 1. The highest BCUT2D eigenvalue weighted by atomic mass is 16.2. The fraction of sp³-hybridized carbons (Fsp3) is 0.294. The standard InChI is InChI=1S/C17H17N5O/c1-21-9-5-13-12(4-6-19-16(13)21)14-10-18-11-15(20-14)17(23)22-7-2-3-8-22/h4-6,9-11H,2-3,7-8H2,1H3. The first-order valence-corrected chi connectivity index (χ1v) is 7.76. The van der Waals surface area contributed by atoms with Crippen LogP contribution in [0.2, 0.25) is 0 Å². The van der Waals surface area contributed by atoms with E-state index in [9.17, 15) is 4.79 Å². The second kappa shape index (κ2) is 5.46. The van der Waals surface area contributed by atoms with Crippen LogP contribution in [0.5, 0.6) is 0 Å². The van der Waals surface area contributed by atoms with E-state index in [1.807, 2.05) is 34.8 Å². The van der Waals surface area contributed by atoms with E-state index in [2.05, 4.69) is 15.0 Å². The molecule has 1 aliphatic heterocycles. The summed E-state index contributed by atoms with van der Waals surface area (Å²) in [6.45, 7) is 1.62. The van der Waals surface area contributed by atoms with Crippen LogP contribution < -0.4 is 0 Å². The van der Waals surface area contributed by atoms with Gasteiger partial charge in [-0.3, -0.25) is 9.78 Å². The largest absolute Gasteiger partial charge is 0.337 e. The maximum atomic E-state index is 12.5. The third kappa shape index (κ3) is 2.36. The Bertz CT molecular complexity index is 880. The zero-order chi connectivity index (χ0) is 15.8. The molecular weight excluding hydrogens is 290 g/mol. The minimum atomic E-state index is -0.0322. The van der Waals surface area contributed by atoms with Crippen molar-refractivity contribution >= 4 is 16.9 Å². The Labute approximate surface area is 133 Å². The molecule has 0 radical (unpaired) electrons. The van der Waals surface area contributed by atoms with E-state index in [4.69, 9.17) is 0 Å². The van der Waals surface area contributed by atoms with Crippen molar-refractivity contribution in [3.05, 3.63) is 42.6 Å². The summed E-state index contributed by atoms with van der Waals surface area (Å²) in [6.07, 6.45) is 9.10. The fourth-order valence-corrected chi connectivity index (χ4v) is 3.07. The lowest BCUT2D eigenvalue weighted by molar-refractivity contribution is 0.0786. The summed E-state index contributed by atoms with van der Waals surface area (Å²) in [5.41, 5.74) is 2.94. The van der Waals surface area contributed by atoms with Crippen LogP contribution >= 0.6 is 0 Å². The van der Waals surface area contributed by atoms with Crippen molar-refractivity contribution < 1.29 is 4.79 Å². The molecule has 6 nitrogen and oxygen atoms in total. The van der Waals surface area contributed by atoms with Gasteiger partial charge in [0.1, 0.15) is 11.3 Å². The molecule has 0 saturated carbocycles. The monoisotopic (exact) mass is 307 g/mol. The maximum absolute atomic E-state index is 12.5. The molecule has 0 unspecified atom stereocenters. The molecule has 4 rings (SSSR count). The van der Waals surface area contributed by atoms with Crippen molar-refractivity contribution in [2.45, 2.75) is 12.8 Å². The van der Waals surface area contributed by atoms with Gasteiger partial charge in [0.15, 0.2) is 0 Å². The van der Waals surface area contributed by atoms with Crippen molar-refractivity contribution in [3.63, 3.8) is 0 Å². The van der Waals surface area contributed by atoms with Gasteiger partial charge in [-0.15, -0.1) is 0 Å². The SMILES string of the molecule is Cn1ccc2c(-c3cncc(C(=O)N4CCCC4)n3)ccnc21. The lowest BCUT2D eigenvalue weighted by Crippen LogP contribution is -2.28. The number of carbonyl (C=O) groups is 1. The lowest BCUT2D eigenvalue weighted by atomic mass is 10.1. The van der Waals surface area contributed by atoms with Gasteiger partial charge < -0.3 is 9.47 Å². The van der Waals surface area contributed by atoms with Crippen LogP contribution in [0.1, 0.15) is 23.3 Å². The Kier molecular flexibility index (Phi) is 3.29. The second-order valence-corrected chi connectivity index (χ2v) is 5.81. The molecule has 23 heavy (non-hydrogen) atoms. The van der Waals surface area contributed by atoms with Crippen LogP contribution in [-0.4, -0.2) is 43.4 Å². The average molecular weight is 307 g/mol. The van der Waals surface area contributed by atoms with Gasteiger partial charge in [0, 0.05) is 43.5 Å². The summed E-state index contributed by atoms with van der Waals surface area (Å²) in [7, 11) is 1.96. The molecule has 1 saturated heterocycles. The molecule has 6 heteroatoms. The molecule has 0 bridgehead atoms. The van der Waals surface area contributed by atoms with Crippen molar-refractivity contribution in [1.82, 2.24) is 24.4 Å². The molecule has 116 valence electrons. The molecule has 1 aliphatic rings. The van der Waals surface area contributed by atoms with Crippen molar-refractivity contribution in [2.75, 3.05) is 13.1 Å². The number of amides is 1. The Morgan fingerprint density at radius 1 is 1.17 bits per heavy atom. The van der Waals surface area contributed by atoms with Crippen LogP contribution in [0.15, 0.2) is 36.9 Å². The Balaban J connectivity index is 1.77. The summed E-state index contributed by atoms with van der Waals surface area (Å²) in [5, 5.41) is 1.01. The second-order valence-electron chi connectivity index (χ2n) is 5.81. The Morgan fingerprint density at radius 2 is 2.00 bits per heavy atom. The summed E-state index contributed by atoms with van der Waals surface area (Å²) in [5.74, 6) is -0.0322. The molecule has 4 heterocycles. The van der Waals surface area contributed by atoms with Crippen molar-refractivity contribution in [1.29, 1.82) is 0 Å². The summed E-state index contributed by atoms with van der Waals surface area (Å²) in [6, 6.07) is 3.92. The number of pyridine rings is 1. The van der Waals surface area contributed by atoms with Crippen LogP contribution in [0.25, 0.3) is 22.3 Å². The van der Waals surface area contributed by atoms with Crippen LogP contribution in [0.4, 0.5) is 0 Å². The van der Waals surface area contributed by atoms with E-state index in [1.165, 1.54) is 0 Å². The van der Waals surface area contributed by atoms with E-state index in [0.717, 1.165) is 42.5 Å². The zero-order valence-electron chi connectivity index (χ0n) is 12.9. The smallest absolute Gasteiger partial charge is 0.274 e. The highest BCUT2D eigenvalue weighted by molar-refractivity contribution is 5.95. The van der Waals surface area contributed by atoms with E-state index in [-0.39, 0.29) is 5.91 Å². The summed E-state index contributed by atoms with van der Waals surface area (Å²) < 4.78 is 1.96. The number of aromatic nitrogens is 4. The number of fused-ring (bicyclic) bond motifs is 1. The highest BCUT2D eigenvalue weighted by Gasteiger charge is 2.21. The minimum Gasteiger partial charge on any atom is -0.337 e. The van der Waals surface area contributed by atoms with Gasteiger partial charge in [-0.2, -0.15) is 0 Å². The molecule has 0 N–H and O–H groups in total. The van der Waals surface area contributed by atoms with E-state index < -0.39 is 0 Å². The van der Waals surface area contributed by atoms with Gasteiger partial charge in [-0.05, 0) is 25.0 Å². The van der Waals surface area contributed by atoms with Gasteiger partial charge in [0.05, 0.1) is 18.1 Å². The van der Waals surface area contributed by atoms with Crippen LogP contribution in [-0.2, 0) is 7.05 Å². The normalized spacial score (nSPS) is 14.6. The third-order valence-electron chi connectivity index (χ3n) is 4.29. The van der Waals surface area contributed by atoms with E-state index >= 15 is 0 Å². The minimum absolute atomic E-state index is 0.0322. The lowest BCUT2D eigenvalue weighted by Gasteiger charge is -2.14. The van der Waals surface area contributed by atoms with Gasteiger partial charge in [0.25, 0.3) is 5.91 Å². The van der Waals surface area contributed by atoms with Crippen LogP contribution in [0, 0.1) is 0 Å². The predicted octanol–water partition coefficient (Wildman–Crippen LogP) is 2.27. The molecule has 0 atom stereocenters. The molecule has 3 aromatic rings. The zero-order valence-corrected chi connectivity index (χ0v) is 12.9. The summed E-state index contributed by atoms with van der Waals surface area (Å²) >= 11 is 0. The number of hydrogen-bond donors (Lipinski definition) is 0. The first-order valence-electron chi connectivity index (χ1n) is 7.76.